The highest BCUT2D eigenvalue weighted by Crippen LogP contribution is 2.39. The van der Waals surface area contributed by atoms with E-state index in [1.54, 1.807) is 30.1 Å². The second kappa shape index (κ2) is 7.33. The van der Waals surface area contributed by atoms with E-state index in [0.29, 0.717) is 35.9 Å². The summed E-state index contributed by atoms with van der Waals surface area (Å²) in [6.45, 7) is 1.01. The molecule has 1 atom stereocenters. The second-order valence-corrected chi connectivity index (χ2v) is 10.4. The zero-order chi connectivity index (χ0) is 22.8. The lowest BCUT2D eigenvalue weighted by Gasteiger charge is -2.24. The van der Waals surface area contributed by atoms with Gasteiger partial charge in [-0.2, -0.15) is 0 Å². The van der Waals surface area contributed by atoms with E-state index < -0.39 is 9.84 Å². The van der Waals surface area contributed by atoms with Crippen molar-refractivity contribution in [1.29, 1.82) is 0 Å². The van der Waals surface area contributed by atoms with Crippen molar-refractivity contribution in [2.45, 2.75) is 24.2 Å². The van der Waals surface area contributed by atoms with Crippen molar-refractivity contribution in [2.75, 3.05) is 25.6 Å². The van der Waals surface area contributed by atoms with Crippen molar-refractivity contribution in [3.8, 4) is 5.75 Å². The number of hydrogen-bond acceptors (Lipinski definition) is 7. The number of nitrogens with two attached hydrogens (primary N) is 1. The van der Waals surface area contributed by atoms with E-state index in [1.165, 1.54) is 12.1 Å². The minimum absolute atomic E-state index is 0.173. The molecule has 32 heavy (non-hydrogen) atoms. The zero-order valence-electron chi connectivity index (χ0n) is 17.4. The number of aromatic nitrogens is 1. The third kappa shape index (κ3) is 3.28. The van der Waals surface area contributed by atoms with Crippen LogP contribution >= 0.6 is 11.6 Å². The Balaban J connectivity index is 1.52. The quantitative estimate of drug-likeness (QED) is 0.622. The normalized spacial score (nSPS) is 17.2. The molecule has 0 unspecified atom stereocenters. The van der Waals surface area contributed by atoms with Crippen molar-refractivity contribution < 1.29 is 22.7 Å². The largest absolute Gasteiger partial charge is 0.491 e. The number of carbonyl (C=O) groups is 1. The van der Waals surface area contributed by atoms with Crippen LogP contribution in [0.15, 0.2) is 35.2 Å². The number of hydrogen-bond donors (Lipinski definition) is 1. The topological polar surface area (TPSA) is 112 Å². The standard InChI is InChI=1S/C22H20ClN3O5S/c1-26(19-10-31-20-5-11(32(2,28)29)3-4-12(19)20)22(27)14-6-13-15-8-30-9-16(15)21(24)25-18(13)7-17(14)23/h3-7,19H,8-10H2,1-2H3,(H2,24,25)/t19-/m1/s1. The first-order valence-corrected chi connectivity index (χ1v) is 12.1. The first-order chi connectivity index (χ1) is 15.1. The van der Waals surface area contributed by atoms with Crippen LogP contribution in [0.25, 0.3) is 10.9 Å². The average Bonchev–Trinajstić information content (AvgIpc) is 3.39. The smallest absolute Gasteiger partial charge is 0.255 e. The molecule has 1 amide bonds. The third-order valence-corrected chi connectivity index (χ3v) is 7.43. The number of ether oxygens (including phenoxy) is 2. The Labute approximate surface area is 189 Å². The molecule has 0 saturated heterocycles. The predicted molar refractivity (Wildman–Crippen MR) is 120 cm³/mol. The summed E-state index contributed by atoms with van der Waals surface area (Å²) in [6, 6.07) is 7.70. The molecule has 5 rings (SSSR count). The summed E-state index contributed by atoms with van der Waals surface area (Å²) in [5.74, 6) is 0.581. The maximum absolute atomic E-state index is 13.4. The number of rotatable bonds is 3. The molecule has 0 aliphatic carbocycles. The average molecular weight is 474 g/mol. The molecule has 3 heterocycles. The number of anilines is 1. The van der Waals surface area contributed by atoms with E-state index in [4.69, 9.17) is 26.8 Å². The van der Waals surface area contributed by atoms with Gasteiger partial charge in [-0.15, -0.1) is 0 Å². The van der Waals surface area contributed by atoms with Gasteiger partial charge in [0.1, 0.15) is 18.2 Å². The number of amides is 1. The molecule has 0 spiro atoms. The molecule has 0 bridgehead atoms. The number of carbonyl (C=O) groups excluding carboxylic acids is 1. The van der Waals surface area contributed by atoms with Gasteiger partial charge < -0.3 is 20.1 Å². The molecule has 0 saturated carbocycles. The fourth-order valence-corrected chi connectivity index (χ4v) is 5.09. The Kier molecular flexibility index (Phi) is 4.81. The van der Waals surface area contributed by atoms with E-state index >= 15 is 0 Å². The van der Waals surface area contributed by atoms with Gasteiger partial charge in [-0.3, -0.25) is 4.79 Å². The highest BCUT2D eigenvalue weighted by Gasteiger charge is 2.33. The van der Waals surface area contributed by atoms with Gasteiger partial charge >= 0.3 is 0 Å². The summed E-state index contributed by atoms with van der Waals surface area (Å²) < 4.78 is 34.9. The number of benzene rings is 2. The van der Waals surface area contributed by atoms with E-state index in [-0.39, 0.29) is 28.5 Å². The van der Waals surface area contributed by atoms with Crippen molar-refractivity contribution >= 4 is 44.1 Å². The molecule has 2 aliphatic heterocycles. The molecule has 2 N–H and O–H groups in total. The summed E-state index contributed by atoms with van der Waals surface area (Å²) >= 11 is 6.47. The van der Waals surface area contributed by atoms with Crippen molar-refractivity contribution in [1.82, 2.24) is 9.88 Å². The first-order valence-electron chi connectivity index (χ1n) is 9.87. The second-order valence-electron chi connectivity index (χ2n) is 8.01. The van der Waals surface area contributed by atoms with Gasteiger partial charge in [-0.05, 0) is 29.8 Å². The van der Waals surface area contributed by atoms with E-state index in [2.05, 4.69) is 4.98 Å². The Morgan fingerprint density at radius 1 is 1.22 bits per heavy atom. The lowest BCUT2D eigenvalue weighted by Crippen LogP contribution is -2.32. The number of fused-ring (bicyclic) bond motifs is 4. The van der Waals surface area contributed by atoms with Crippen LogP contribution in [0, 0.1) is 0 Å². The molecular formula is C22H20ClN3O5S. The zero-order valence-corrected chi connectivity index (χ0v) is 19.0. The first kappa shape index (κ1) is 21.0. The number of nitrogen functional groups attached to an aromatic ring is 1. The van der Waals surface area contributed by atoms with Crippen LogP contribution in [0.1, 0.15) is 33.1 Å². The molecule has 2 aliphatic rings. The van der Waals surface area contributed by atoms with Crippen LogP contribution in [-0.2, 0) is 27.8 Å². The van der Waals surface area contributed by atoms with Gasteiger partial charge in [0.15, 0.2) is 9.84 Å². The number of sulfone groups is 1. The number of pyridine rings is 1. The summed E-state index contributed by atoms with van der Waals surface area (Å²) in [7, 11) is -1.69. The molecule has 1 aromatic heterocycles. The Hall–Kier alpha value is -2.88. The van der Waals surface area contributed by atoms with Crippen molar-refractivity contribution in [2.24, 2.45) is 0 Å². The van der Waals surface area contributed by atoms with E-state index in [9.17, 15) is 13.2 Å². The SMILES string of the molecule is CN(C(=O)c1cc2c3c(c(N)nc2cc1Cl)COC3)[C@@H]1COc2cc(S(C)(=O)=O)ccc21. The van der Waals surface area contributed by atoms with Crippen molar-refractivity contribution in [3.63, 3.8) is 0 Å². The Morgan fingerprint density at radius 2 is 1.97 bits per heavy atom. The summed E-state index contributed by atoms with van der Waals surface area (Å²) in [6.07, 6.45) is 1.14. The van der Waals surface area contributed by atoms with E-state index in [0.717, 1.165) is 28.3 Å². The van der Waals surface area contributed by atoms with Crippen LogP contribution in [0.5, 0.6) is 5.75 Å². The third-order valence-electron chi connectivity index (χ3n) is 6.00. The lowest BCUT2D eigenvalue weighted by atomic mass is 10.0. The van der Waals surface area contributed by atoms with Crippen LogP contribution in [0.3, 0.4) is 0 Å². The van der Waals surface area contributed by atoms with E-state index in [1.807, 2.05) is 0 Å². The van der Waals surface area contributed by atoms with Gasteiger partial charge in [-0.25, -0.2) is 13.4 Å². The Morgan fingerprint density at radius 3 is 2.72 bits per heavy atom. The van der Waals surface area contributed by atoms with Gasteiger partial charge in [0.25, 0.3) is 5.91 Å². The molecular weight excluding hydrogens is 454 g/mol. The molecule has 166 valence electrons. The monoisotopic (exact) mass is 473 g/mol. The molecule has 2 aromatic carbocycles. The predicted octanol–water partition coefficient (Wildman–Crippen LogP) is 3.11. The fraction of sp³-hybridized carbons (Fsp3) is 0.273. The van der Waals surface area contributed by atoms with Gasteiger partial charge in [0.05, 0.1) is 40.3 Å². The maximum atomic E-state index is 13.4. The minimum atomic E-state index is -3.36. The van der Waals surface area contributed by atoms with Crippen LogP contribution < -0.4 is 10.5 Å². The van der Waals surface area contributed by atoms with Gasteiger partial charge in [0, 0.05) is 29.8 Å². The maximum Gasteiger partial charge on any atom is 0.255 e. The highest BCUT2D eigenvalue weighted by molar-refractivity contribution is 7.90. The molecule has 0 fully saturated rings. The molecule has 0 radical (unpaired) electrons. The van der Waals surface area contributed by atoms with Crippen LogP contribution in [0.4, 0.5) is 5.82 Å². The highest BCUT2D eigenvalue weighted by atomic mass is 35.5. The molecule has 3 aromatic rings. The van der Waals surface area contributed by atoms with Gasteiger partial charge in [0.2, 0.25) is 0 Å². The fourth-order valence-electron chi connectivity index (χ4n) is 4.21. The van der Waals surface area contributed by atoms with Crippen molar-refractivity contribution in [3.05, 3.63) is 57.6 Å². The van der Waals surface area contributed by atoms with Gasteiger partial charge in [-0.1, -0.05) is 17.7 Å². The minimum Gasteiger partial charge on any atom is -0.491 e. The summed E-state index contributed by atoms with van der Waals surface area (Å²) in [5, 5.41) is 1.06. The molecule has 8 nitrogen and oxygen atoms in total. The Bertz CT molecular complexity index is 1410. The summed E-state index contributed by atoms with van der Waals surface area (Å²) in [4.78, 5) is 19.5. The summed E-state index contributed by atoms with van der Waals surface area (Å²) in [5.41, 5.74) is 9.49. The lowest BCUT2D eigenvalue weighted by molar-refractivity contribution is 0.0709. The number of nitrogens with zero attached hydrogens (tertiary/aromatic N) is 2. The number of halogens is 1. The van der Waals surface area contributed by atoms with Crippen LogP contribution in [-0.4, -0.2) is 44.1 Å². The molecule has 10 heteroatoms. The van der Waals surface area contributed by atoms with Crippen LogP contribution in [0.2, 0.25) is 5.02 Å². The number of likely N-dealkylation sites (N-methyl/N-ethyl adjacent to an activating group) is 1.